The van der Waals surface area contributed by atoms with Crippen molar-refractivity contribution in [3.63, 3.8) is 0 Å². The van der Waals surface area contributed by atoms with E-state index in [0.717, 1.165) is 17.8 Å². The molecule has 3 atom stereocenters. The zero-order chi connectivity index (χ0) is 17.6. The molecule has 2 aromatic rings. The molecule has 0 N–H and O–H groups in total. The monoisotopic (exact) mass is 372 g/mol. The van der Waals surface area contributed by atoms with Crippen LogP contribution in [0.2, 0.25) is 0 Å². The number of Topliss-reactive ketones (excluding diaryl/α,β-unsaturated/α-hetero) is 1. The summed E-state index contributed by atoms with van der Waals surface area (Å²) in [5.74, 6) is -0.0283. The SMILES string of the molecule is O=C1CC(Sc2nc(-c3ccco3)cc(C(F)(F)F)n2)C2COC1O2. The molecule has 0 amide bonds. The number of furan rings is 1. The first-order valence-corrected chi connectivity index (χ1v) is 8.25. The fourth-order valence-corrected chi connectivity index (χ4v) is 3.75. The van der Waals surface area contributed by atoms with Crippen molar-refractivity contribution >= 4 is 17.5 Å². The maximum absolute atomic E-state index is 13.2. The van der Waals surface area contributed by atoms with Gasteiger partial charge in [0.15, 0.2) is 16.7 Å². The number of hydrogen-bond acceptors (Lipinski definition) is 7. The summed E-state index contributed by atoms with van der Waals surface area (Å²) in [4.78, 5) is 19.6. The molecule has 0 radical (unpaired) electrons. The zero-order valence-corrected chi connectivity index (χ0v) is 13.3. The highest BCUT2D eigenvalue weighted by Gasteiger charge is 2.44. The van der Waals surface area contributed by atoms with E-state index in [0.29, 0.717) is 0 Å². The van der Waals surface area contributed by atoms with Gasteiger partial charge in [0.25, 0.3) is 0 Å². The number of nitrogens with zero attached hydrogens (tertiary/aromatic N) is 2. The van der Waals surface area contributed by atoms with Crippen LogP contribution in [0.25, 0.3) is 11.5 Å². The molecule has 0 aromatic carbocycles. The Kier molecular flexibility index (Phi) is 4.05. The van der Waals surface area contributed by atoms with Crippen molar-refractivity contribution in [2.75, 3.05) is 6.61 Å². The number of aromatic nitrogens is 2. The van der Waals surface area contributed by atoms with Crippen molar-refractivity contribution in [1.29, 1.82) is 0 Å². The number of carbonyl (C=O) groups excluding carboxylic acids is 1. The van der Waals surface area contributed by atoms with Crippen LogP contribution in [0.3, 0.4) is 0 Å². The summed E-state index contributed by atoms with van der Waals surface area (Å²) in [7, 11) is 0. The second-order valence-electron chi connectivity index (χ2n) is 5.56. The second-order valence-corrected chi connectivity index (χ2v) is 6.77. The highest BCUT2D eigenvalue weighted by Crippen LogP contribution is 2.37. The Hall–Kier alpha value is -1.91. The molecular weight excluding hydrogens is 361 g/mol. The molecule has 2 fully saturated rings. The predicted molar refractivity (Wildman–Crippen MR) is 78.6 cm³/mol. The van der Waals surface area contributed by atoms with Crippen molar-refractivity contribution in [2.24, 2.45) is 0 Å². The molecule has 2 bridgehead atoms. The van der Waals surface area contributed by atoms with Crippen molar-refractivity contribution in [3.8, 4) is 11.5 Å². The molecule has 3 unspecified atom stereocenters. The maximum atomic E-state index is 13.2. The van der Waals surface area contributed by atoms with Crippen LogP contribution < -0.4 is 0 Å². The molecule has 10 heteroatoms. The topological polar surface area (TPSA) is 74.5 Å². The van der Waals surface area contributed by atoms with Crippen molar-refractivity contribution < 1.29 is 31.9 Å². The van der Waals surface area contributed by atoms with E-state index in [2.05, 4.69) is 9.97 Å². The van der Waals surface area contributed by atoms with Crippen molar-refractivity contribution in [1.82, 2.24) is 9.97 Å². The molecule has 2 saturated heterocycles. The molecule has 2 aromatic heterocycles. The lowest BCUT2D eigenvalue weighted by molar-refractivity contribution is -0.151. The lowest BCUT2D eigenvalue weighted by Gasteiger charge is -2.25. The van der Waals surface area contributed by atoms with E-state index < -0.39 is 23.4 Å². The summed E-state index contributed by atoms with van der Waals surface area (Å²) in [5, 5.41) is -0.493. The van der Waals surface area contributed by atoms with Crippen LogP contribution in [-0.4, -0.2) is 40.0 Å². The first kappa shape index (κ1) is 16.6. The van der Waals surface area contributed by atoms with E-state index in [1.807, 2.05) is 0 Å². The van der Waals surface area contributed by atoms with Gasteiger partial charge in [-0.15, -0.1) is 0 Å². The maximum Gasteiger partial charge on any atom is 0.433 e. The Bertz CT molecular complexity index is 797. The second kappa shape index (κ2) is 6.11. The minimum absolute atomic E-state index is 0.0263. The molecule has 4 heterocycles. The first-order chi connectivity index (χ1) is 11.9. The standard InChI is InChI=1S/C15H11F3N2O4S/c16-15(17,18)12-4-7(9-2-1-3-22-9)19-14(20-12)25-11-5-8(21)13-23-6-10(11)24-13/h1-4,10-11,13H,5-6H2. The third kappa shape index (κ3) is 3.29. The Labute approximate surface area is 143 Å². The third-order valence-electron chi connectivity index (χ3n) is 3.82. The van der Waals surface area contributed by atoms with Crippen molar-refractivity contribution in [2.45, 2.75) is 35.4 Å². The van der Waals surface area contributed by atoms with Gasteiger partial charge in [-0.3, -0.25) is 4.79 Å². The van der Waals surface area contributed by atoms with Gasteiger partial charge in [-0.05, 0) is 18.2 Å². The van der Waals surface area contributed by atoms with Crippen LogP contribution >= 0.6 is 11.8 Å². The van der Waals surface area contributed by atoms with Crippen LogP contribution in [0.1, 0.15) is 12.1 Å². The van der Waals surface area contributed by atoms with Gasteiger partial charge in [0, 0.05) is 11.7 Å². The molecule has 0 saturated carbocycles. The number of thioether (sulfide) groups is 1. The van der Waals surface area contributed by atoms with Gasteiger partial charge in [0.1, 0.15) is 11.4 Å². The molecule has 2 aliphatic heterocycles. The number of hydrogen-bond donors (Lipinski definition) is 0. The summed E-state index contributed by atoms with van der Waals surface area (Å²) >= 11 is 0.980. The van der Waals surface area contributed by atoms with Crippen LogP contribution in [0.5, 0.6) is 0 Å². The summed E-state index contributed by atoms with van der Waals surface area (Å²) < 4.78 is 55.2. The average molecular weight is 372 g/mol. The summed E-state index contributed by atoms with van der Waals surface area (Å²) in [6, 6.07) is 3.90. The fraction of sp³-hybridized carbons (Fsp3) is 0.400. The fourth-order valence-electron chi connectivity index (χ4n) is 2.64. The van der Waals surface area contributed by atoms with Crippen LogP contribution in [0, 0.1) is 0 Å². The van der Waals surface area contributed by atoms with E-state index in [-0.39, 0.29) is 41.5 Å². The number of rotatable bonds is 3. The smallest absolute Gasteiger partial charge is 0.433 e. The van der Waals surface area contributed by atoms with E-state index in [1.54, 1.807) is 6.07 Å². The number of carbonyl (C=O) groups is 1. The Balaban J connectivity index is 1.66. The molecule has 132 valence electrons. The normalized spacial score (nSPS) is 26.2. The van der Waals surface area contributed by atoms with E-state index in [4.69, 9.17) is 13.9 Å². The third-order valence-corrected chi connectivity index (χ3v) is 4.98. The summed E-state index contributed by atoms with van der Waals surface area (Å²) in [5.41, 5.74) is -1.04. The number of halogens is 3. The quantitative estimate of drug-likeness (QED) is 0.767. The average Bonchev–Trinajstić information content (AvgIpc) is 3.23. The Morgan fingerprint density at radius 1 is 1.28 bits per heavy atom. The van der Waals surface area contributed by atoms with Crippen LogP contribution in [-0.2, 0) is 20.4 Å². The molecule has 2 aliphatic rings. The lowest BCUT2D eigenvalue weighted by atomic mass is 10.1. The van der Waals surface area contributed by atoms with Gasteiger partial charge in [-0.1, -0.05) is 11.8 Å². The van der Waals surface area contributed by atoms with Crippen molar-refractivity contribution in [3.05, 3.63) is 30.2 Å². The number of ether oxygens (including phenoxy) is 2. The van der Waals surface area contributed by atoms with E-state index >= 15 is 0 Å². The van der Waals surface area contributed by atoms with Crippen LogP contribution in [0.15, 0.2) is 34.0 Å². The summed E-state index contributed by atoms with van der Waals surface area (Å²) in [6.45, 7) is 0.220. The van der Waals surface area contributed by atoms with Gasteiger partial charge in [-0.25, -0.2) is 9.97 Å². The van der Waals surface area contributed by atoms with E-state index in [1.165, 1.54) is 12.3 Å². The largest absolute Gasteiger partial charge is 0.463 e. The zero-order valence-electron chi connectivity index (χ0n) is 12.5. The van der Waals surface area contributed by atoms with Gasteiger partial charge in [0.2, 0.25) is 6.29 Å². The highest BCUT2D eigenvalue weighted by molar-refractivity contribution is 7.99. The highest BCUT2D eigenvalue weighted by atomic mass is 32.2. The minimum Gasteiger partial charge on any atom is -0.463 e. The molecule has 4 rings (SSSR count). The lowest BCUT2D eigenvalue weighted by Crippen LogP contribution is -2.37. The summed E-state index contributed by atoms with van der Waals surface area (Å²) in [6.07, 6.45) is -4.38. The first-order valence-electron chi connectivity index (χ1n) is 7.37. The van der Waals surface area contributed by atoms with Gasteiger partial charge < -0.3 is 13.9 Å². The van der Waals surface area contributed by atoms with E-state index in [9.17, 15) is 18.0 Å². The predicted octanol–water partition coefficient (Wildman–Crippen LogP) is 2.93. The van der Waals surface area contributed by atoms with Gasteiger partial charge in [-0.2, -0.15) is 13.2 Å². The Morgan fingerprint density at radius 2 is 2.12 bits per heavy atom. The number of fused-ring (bicyclic) bond motifs is 2. The van der Waals surface area contributed by atoms with Gasteiger partial charge >= 0.3 is 6.18 Å². The molecule has 6 nitrogen and oxygen atoms in total. The van der Waals surface area contributed by atoms with Crippen LogP contribution in [0.4, 0.5) is 13.2 Å². The molecule has 25 heavy (non-hydrogen) atoms. The Morgan fingerprint density at radius 3 is 2.84 bits per heavy atom. The molecule has 0 spiro atoms. The number of alkyl halides is 3. The minimum atomic E-state index is -4.62. The van der Waals surface area contributed by atoms with Gasteiger partial charge in [0.05, 0.1) is 19.0 Å². The molecule has 0 aliphatic carbocycles. The number of ketones is 1. The molecular formula is C15H11F3N2O4S.